The fourth-order valence-corrected chi connectivity index (χ4v) is 6.38. The lowest BCUT2D eigenvalue weighted by Gasteiger charge is -2.26. The van der Waals surface area contributed by atoms with Crippen LogP contribution in [-0.2, 0) is 27.3 Å². The fourth-order valence-electron chi connectivity index (χ4n) is 5.56. The monoisotopic (exact) mass is 522 g/mol. The minimum atomic E-state index is -0.146. The summed E-state index contributed by atoms with van der Waals surface area (Å²) in [6, 6.07) is 12.1. The van der Waals surface area contributed by atoms with Gasteiger partial charge in [-0.15, -0.1) is 11.3 Å². The first kappa shape index (κ1) is 27.1. The Kier molecular flexibility index (Phi) is 8.85. The number of amides is 1. The molecule has 1 aliphatic carbocycles. The molecule has 1 amide bonds. The summed E-state index contributed by atoms with van der Waals surface area (Å²) in [7, 11) is 1.43. The molecule has 4 rings (SSSR count). The molecule has 0 bridgehead atoms. The number of esters is 1. The average molecular weight is 523 g/mol. The number of hydrogen-bond donors (Lipinski definition) is 0. The van der Waals surface area contributed by atoms with Crippen molar-refractivity contribution < 1.29 is 19.1 Å². The molecule has 2 heterocycles. The number of carbonyl (C=O) groups is 3. The zero-order chi connectivity index (χ0) is 26.5. The summed E-state index contributed by atoms with van der Waals surface area (Å²) >= 11 is 1.59. The standard InChI is InChI=1S/C30H38N2O4S/c1-5-31(24-8-6-7-22(16-24)15-20(2)3)29(34)19-32-25-13-14-37-28(25)18-26(32)27(33)17-21-9-11-23(12-10-21)30(35)36-4/h6-8,13-14,16,18,20-21,23H,5,9-12,15,17,19H2,1-4H3. The van der Waals surface area contributed by atoms with Gasteiger partial charge < -0.3 is 14.2 Å². The van der Waals surface area contributed by atoms with Crippen LogP contribution in [0.5, 0.6) is 0 Å². The zero-order valence-electron chi connectivity index (χ0n) is 22.4. The third-order valence-electron chi connectivity index (χ3n) is 7.44. The highest BCUT2D eigenvalue weighted by Crippen LogP contribution is 2.34. The molecule has 0 saturated heterocycles. The van der Waals surface area contributed by atoms with Gasteiger partial charge in [-0.3, -0.25) is 14.4 Å². The second kappa shape index (κ2) is 12.1. The number of Topliss-reactive ketones (excluding diaryl/α,β-unsaturated/α-hetero) is 1. The predicted octanol–water partition coefficient (Wildman–Crippen LogP) is 6.51. The molecule has 0 aliphatic heterocycles. The molecule has 37 heavy (non-hydrogen) atoms. The maximum Gasteiger partial charge on any atom is 0.308 e. The molecular formula is C30H38N2O4S. The molecule has 0 radical (unpaired) electrons. The van der Waals surface area contributed by atoms with Crippen LogP contribution >= 0.6 is 11.3 Å². The minimum absolute atomic E-state index is 0.0273. The molecule has 198 valence electrons. The summed E-state index contributed by atoms with van der Waals surface area (Å²) in [6.07, 6.45) is 4.62. The molecule has 0 N–H and O–H groups in total. The lowest BCUT2D eigenvalue weighted by molar-refractivity contribution is -0.146. The summed E-state index contributed by atoms with van der Waals surface area (Å²) in [4.78, 5) is 40.7. The molecule has 7 heteroatoms. The zero-order valence-corrected chi connectivity index (χ0v) is 23.2. The number of thiophene rings is 1. The summed E-state index contributed by atoms with van der Waals surface area (Å²) in [5.41, 5.74) is 3.66. The van der Waals surface area contributed by atoms with E-state index in [0.717, 1.165) is 48.0 Å². The molecule has 0 atom stereocenters. The van der Waals surface area contributed by atoms with Gasteiger partial charge in [-0.25, -0.2) is 0 Å². The summed E-state index contributed by atoms with van der Waals surface area (Å²) in [5, 5.41) is 2.00. The van der Waals surface area contributed by atoms with Crippen LogP contribution in [0, 0.1) is 17.8 Å². The van der Waals surface area contributed by atoms with Gasteiger partial charge in [0.05, 0.1) is 28.9 Å². The Bertz CT molecular complexity index is 1250. The molecule has 2 aromatic heterocycles. The highest BCUT2D eigenvalue weighted by atomic mass is 32.1. The van der Waals surface area contributed by atoms with E-state index in [1.54, 1.807) is 11.3 Å². The third kappa shape index (κ3) is 6.32. The number of carbonyl (C=O) groups excluding carboxylic acids is 3. The topological polar surface area (TPSA) is 68.6 Å². The molecule has 1 aromatic carbocycles. The van der Waals surface area contributed by atoms with Gasteiger partial charge in [0.2, 0.25) is 5.91 Å². The van der Waals surface area contributed by atoms with Gasteiger partial charge in [0.15, 0.2) is 5.78 Å². The highest BCUT2D eigenvalue weighted by Gasteiger charge is 2.29. The molecule has 1 saturated carbocycles. The smallest absolute Gasteiger partial charge is 0.308 e. The number of fused-ring (bicyclic) bond motifs is 1. The third-order valence-corrected chi connectivity index (χ3v) is 8.29. The number of nitrogens with zero attached hydrogens (tertiary/aromatic N) is 2. The minimum Gasteiger partial charge on any atom is -0.469 e. The van der Waals surface area contributed by atoms with Gasteiger partial charge in [0.1, 0.15) is 6.54 Å². The molecule has 1 fully saturated rings. The van der Waals surface area contributed by atoms with E-state index in [9.17, 15) is 14.4 Å². The van der Waals surface area contributed by atoms with Crippen LogP contribution in [0.15, 0.2) is 41.8 Å². The molecule has 6 nitrogen and oxygen atoms in total. The first-order valence-electron chi connectivity index (χ1n) is 13.4. The van der Waals surface area contributed by atoms with Gasteiger partial charge in [-0.1, -0.05) is 26.0 Å². The molecule has 3 aromatic rings. The maximum atomic E-state index is 13.6. The average Bonchev–Trinajstić information content (AvgIpc) is 3.47. The van der Waals surface area contributed by atoms with Crippen molar-refractivity contribution in [2.75, 3.05) is 18.6 Å². The Morgan fingerprint density at radius 3 is 2.54 bits per heavy atom. The maximum absolute atomic E-state index is 13.6. The van der Waals surface area contributed by atoms with Crippen molar-refractivity contribution in [3.63, 3.8) is 0 Å². The second-order valence-electron chi connectivity index (χ2n) is 10.6. The Labute approximate surface area is 223 Å². The van der Waals surface area contributed by atoms with Gasteiger partial charge >= 0.3 is 5.97 Å². The first-order valence-corrected chi connectivity index (χ1v) is 14.3. The van der Waals surface area contributed by atoms with E-state index in [-0.39, 0.29) is 36.0 Å². The fraction of sp³-hybridized carbons (Fsp3) is 0.500. The van der Waals surface area contributed by atoms with Crippen LogP contribution in [0.3, 0.4) is 0 Å². The van der Waals surface area contributed by atoms with Gasteiger partial charge in [-0.2, -0.15) is 0 Å². The van der Waals surface area contributed by atoms with Crippen molar-refractivity contribution in [3.05, 3.63) is 53.0 Å². The van der Waals surface area contributed by atoms with E-state index in [4.69, 9.17) is 4.74 Å². The summed E-state index contributed by atoms with van der Waals surface area (Å²) in [6.45, 7) is 7.05. The number of ketones is 1. The van der Waals surface area contributed by atoms with E-state index in [2.05, 4.69) is 26.0 Å². The van der Waals surface area contributed by atoms with Crippen molar-refractivity contribution in [2.24, 2.45) is 17.8 Å². The SMILES string of the molecule is CCN(C(=O)Cn1c(C(=O)CC2CCC(C(=O)OC)CC2)cc2sccc21)c1cccc(CC(C)C)c1. The van der Waals surface area contributed by atoms with Crippen molar-refractivity contribution in [1.82, 2.24) is 4.57 Å². The van der Waals surface area contributed by atoms with Crippen molar-refractivity contribution >= 4 is 44.9 Å². The number of hydrogen-bond acceptors (Lipinski definition) is 5. The van der Waals surface area contributed by atoms with Crippen LogP contribution in [0.2, 0.25) is 0 Å². The van der Waals surface area contributed by atoms with Crippen LogP contribution < -0.4 is 4.90 Å². The molecular weight excluding hydrogens is 484 g/mol. The molecule has 0 spiro atoms. The van der Waals surface area contributed by atoms with E-state index in [1.807, 2.05) is 46.0 Å². The Morgan fingerprint density at radius 2 is 1.86 bits per heavy atom. The van der Waals surface area contributed by atoms with Crippen molar-refractivity contribution in [3.8, 4) is 0 Å². The lowest BCUT2D eigenvalue weighted by atomic mass is 9.79. The van der Waals surface area contributed by atoms with Crippen LogP contribution in [0.25, 0.3) is 10.2 Å². The van der Waals surface area contributed by atoms with Crippen LogP contribution in [0.4, 0.5) is 5.69 Å². The van der Waals surface area contributed by atoms with E-state index < -0.39 is 0 Å². The number of likely N-dealkylation sites (N-methyl/N-ethyl adjacent to an activating group) is 1. The number of rotatable bonds is 10. The largest absolute Gasteiger partial charge is 0.469 e. The quantitative estimate of drug-likeness (QED) is 0.225. The molecule has 1 aliphatic rings. The highest BCUT2D eigenvalue weighted by molar-refractivity contribution is 7.17. The van der Waals surface area contributed by atoms with Crippen molar-refractivity contribution in [1.29, 1.82) is 0 Å². The second-order valence-corrected chi connectivity index (χ2v) is 11.5. The summed E-state index contributed by atoms with van der Waals surface area (Å²) < 4.78 is 7.81. The lowest BCUT2D eigenvalue weighted by Crippen LogP contribution is -2.34. The molecule has 0 unspecified atom stereocenters. The first-order chi connectivity index (χ1) is 17.8. The van der Waals surface area contributed by atoms with Gasteiger partial charge in [0.25, 0.3) is 0 Å². The number of methoxy groups -OCH3 is 1. The predicted molar refractivity (Wildman–Crippen MR) is 149 cm³/mol. The van der Waals surface area contributed by atoms with E-state index >= 15 is 0 Å². The van der Waals surface area contributed by atoms with Crippen molar-refractivity contribution in [2.45, 2.75) is 65.8 Å². The Hall–Kier alpha value is -2.93. The number of benzene rings is 1. The van der Waals surface area contributed by atoms with Gasteiger partial charge in [0, 0.05) is 18.7 Å². The Morgan fingerprint density at radius 1 is 1.11 bits per heavy atom. The number of aromatic nitrogens is 1. The normalized spacial score (nSPS) is 17.8. The number of ether oxygens (including phenoxy) is 1. The van der Waals surface area contributed by atoms with Gasteiger partial charge in [-0.05, 0) is 86.1 Å². The summed E-state index contributed by atoms with van der Waals surface area (Å²) in [5.74, 6) is 0.633. The Balaban J connectivity index is 1.50. The van der Waals surface area contributed by atoms with Crippen LogP contribution in [-0.4, -0.2) is 35.9 Å². The van der Waals surface area contributed by atoms with E-state index in [1.165, 1.54) is 12.7 Å². The van der Waals surface area contributed by atoms with E-state index in [0.29, 0.717) is 24.6 Å². The number of anilines is 1. The van der Waals surface area contributed by atoms with Crippen LogP contribution in [0.1, 0.15) is 68.9 Å².